The molecule has 0 spiro atoms. The largest absolute Gasteiger partial charge is 0.466 e. The minimum absolute atomic E-state index is 0.0931. The number of carbonyl (C=O) groups excluding carboxylic acids is 1. The second-order valence-corrected chi connectivity index (χ2v) is 3.82. The lowest BCUT2D eigenvalue weighted by atomic mass is 10.1. The van der Waals surface area contributed by atoms with Gasteiger partial charge in [0, 0.05) is 13.0 Å². The van der Waals surface area contributed by atoms with Crippen molar-refractivity contribution >= 4 is 5.97 Å². The van der Waals surface area contributed by atoms with E-state index < -0.39 is 0 Å². The van der Waals surface area contributed by atoms with Gasteiger partial charge >= 0.3 is 5.97 Å². The Labute approximate surface area is 92.8 Å². The third-order valence-electron chi connectivity index (χ3n) is 2.30. The molecule has 0 amide bonds. The van der Waals surface area contributed by atoms with E-state index in [9.17, 15) is 4.79 Å². The van der Waals surface area contributed by atoms with Gasteiger partial charge in [0.2, 0.25) is 0 Å². The fraction of sp³-hybridized carbons (Fsp3) is 0.917. The monoisotopic (exact) mass is 216 g/mol. The average molecular weight is 216 g/mol. The molecule has 0 saturated carbocycles. The van der Waals surface area contributed by atoms with E-state index in [0.29, 0.717) is 19.4 Å². The molecular formula is C12H24O3. The van der Waals surface area contributed by atoms with Gasteiger partial charge in [-0.15, -0.1) is 0 Å². The normalized spacial score (nSPS) is 10.3. The summed E-state index contributed by atoms with van der Waals surface area (Å²) in [7, 11) is 0. The van der Waals surface area contributed by atoms with Crippen LogP contribution in [0.5, 0.6) is 0 Å². The first-order chi connectivity index (χ1) is 7.31. The van der Waals surface area contributed by atoms with E-state index in [2.05, 4.69) is 6.92 Å². The topological polar surface area (TPSA) is 46.5 Å². The van der Waals surface area contributed by atoms with Crippen molar-refractivity contribution < 1.29 is 14.6 Å². The molecule has 0 aliphatic heterocycles. The van der Waals surface area contributed by atoms with Crippen molar-refractivity contribution in [2.45, 2.75) is 58.3 Å². The first-order valence-corrected chi connectivity index (χ1v) is 6.07. The Morgan fingerprint density at radius 2 is 1.80 bits per heavy atom. The number of esters is 1. The number of rotatable bonds is 10. The van der Waals surface area contributed by atoms with Crippen LogP contribution in [0.15, 0.2) is 0 Å². The van der Waals surface area contributed by atoms with Gasteiger partial charge in [-0.1, -0.05) is 32.6 Å². The molecule has 0 aromatic heterocycles. The van der Waals surface area contributed by atoms with Crippen molar-refractivity contribution in [3.05, 3.63) is 0 Å². The van der Waals surface area contributed by atoms with Crippen molar-refractivity contribution in [2.24, 2.45) is 0 Å². The zero-order chi connectivity index (χ0) is 11.4. The molecule has 3 heteroatoms. The summed E-state index contributed by atoms with van der Waals surface area (Å²) in [6, 6.07) is 0. The Kier molecular flexibility index (Phi) is 11.1. The van der Waals surface area contributed by atoms with E-state index in [1.165, 1.54) is 19.3 Å². The predicted molar refractivity (Wildman–Crippen MR) is 60.7 cm³/mol. The summed E-state index contributed by atoms with van der Waals surface area (Å²) in [4.78, 5) is 11.2. The van der Waals surface area contributed by atoms with E-state index in [4.69, 9.17) is 9.84 Å². The van der Waals surface area contributed by atoms with Gasteiger partial charge in [-0.2, -0.15) is 0 Å². The molecule has 0 radical (unpaired) electrons. The van der Waals surface area contributed by atoms with E-state index >= 15 is 0 Å². The third-order valence-corrected chi connectivity index (χ3v) is 2.30. The maximum atomic E-state index is 11.2. The summed E-state index contributed by atoms with van der Waals surface area (Å²) in [5.41, 5.74) is 0. The highest BCUT2D eigenvalue weighted by molar-refractivity contribution is 5.69. The Morgan fingerprint density at radius 3 is 2.47 bits per heavy atom. The molecular weight excluding hydrogens is 192 g/mol. The molecule has 0 atom stereocenters. The quantitative estimate of drug-likeness (QED) is 0.451. The number of aliphatic hydroxyl groups is 1. The molecule has 0 aliphatic rings. The lowest BCUT2D eigenvalue weighted by molar-refractivity contribution is -0.143. The molecule has 90 valence electrons. The molecule has 0 aromatic rings. The zero-order valence-corrected chi connectivity index (χ0v) is 9.83. The Hall–Kier alpha value is -0.570. The van der Waals surface area contributed by atoms with Gasteiger partial charge < -0.3 is 9.84 Å². The van der Waals surface area contributed by atoms with Crippen molar-refractivity contribution in [1.29, 1.82) is 0 Å². The van der Waals surface area contributed by atoms with Crippen LogP contribution < -0.4 is 0 Å². The number of hydrogen-bond acceptors (Lipinski definition) is 3. The lowest BCUT2D eigenvalue weighted by Gasteiger charge is -2.03. The maximum Gasteiger partial charge on any atom is 0.305 e. The highest BCUT2D eigenvalue weighted by Crippen LogP contribution is 2.05. The summed E-state index contributed by atoms with van der Waals surface area (Å²) in [5.74, 6) is -0.0931. The number of ether oxygens (including phenoxy) is 1. The number of hydrogen-bond donors (Lipinski definition) is 1. The Balaban J connectivity index is 3.11. The molecule has 0 bridgehead atoms. The molecule has 0 unspecified atom stereocenters. The van der Waals surface area contributed by atoms with Crippen molar-refractivity contribution in [3.63, 3.8) is 0 Å². The van der Waals surface area contributed by atoms with E-state index in [0.717, 1.165) is 19.3 Å². The molecule has 3 nitrogen and oxygen atoms in total. The van der Waals surface area contributed by atoms with Gasteiger partial charge in [-0.05, 0) is 19.3 Å². The summed E-state index contributed by atoms with van der Waals surface area (Å²) in [6.45, 7) is 2.80. The smallest absolute Gasteiger partial charge is 0.305 e. The zero-order valence-electron chi connectivity index (χ0n) is 9.83. The van der Waals surface area contributed by atoms with Crippen LogP contribution in [0.2, 0.25) is 0 Å². The van der Waals surface area contributed by atoms with Crippen LogP contribution in [0.4, 0.5) is 0 Å². The van der Waals surface area contributed by atoms with Crippen LogP contribution in [0, 0.1) is 0 Å². The van der Waals surface area contributed by atoms with Crippen LogP contribution in [0.3, 0.4) is 0 Å². The van der Waals surface area contributed by atoms with Gasteiger partial charge in [-0.25, -0.2) is 0 Å². The Bertz CT molecular complexity index is 146. The van der Waals surface area contributed by atoms with E-state index in [1.807, 2.05) is 0 Å². The van der Waals surface area contributed by atoms with Crippen LogP contribution in [-0.4, -0.2) is 24.3 Å². The highest BCUT2D eigenvalue weighted by atomic mass is 16.5. The number of unbranched alkanes of at least 4 members (excludes halogenated alkanes) is 5. The summed E-state index contributed by atoms with van der Waals surface area (Å²) >= 11 is 0. The second-order valence-electron chi connectivity index (χ2n) is 3.82. The van der Waals surface area contributed by atoms with Crippen molar-refractivity contribution in [3.8, 4) is 0 Å². The van der Waals surface area contributed by atoms with Crippen molar-refractivity contribution in [1.82, 2.24) is 0 Å². The van der Waals surface area contributed by atoms with Gasteiger partial charge in [0.25, 0.3) is 0 Å². The molecule has 1 N–H and O–H groups in total. The van der Waals surface area contributed by atoms with Crippen LogP contribution >= 0.6 is 0 Å². The summed E-state index contributed by atoms with van der Waals surface area (Å²) in [6.07, 6.45) is 7.79. The molecule has 0 fully saturated rings. The van der Waals surface area contributed by atoms with Crippen LogP contribution in [-0.2, 0) is 9.53 Å². The van der Waals surface area contributed by atoms with E-state index in [1.54, 1.807) is 0 Å². The standard InChI is InChI=1S/C12H24O3/c1-2-3-4-5-6-9-12(14)15-11-8-7-10-13/h13H,2-11H2,1H3. The summed E-state index contributed by atoms with van der Waals surface area (Å²) in [5, 5.41) is 8.51. The first-order valence-electron chi connectivity index (χ1n) is 6.07. The fourth-order valence-corrected chi connectivity index (χ4v) is 1.34. The minimum Gasteiger partial charge on any atom is -0.466 e. The maximum absolute atomic E-state index is 11.2. The molecule has 0 aromatic carbocycles. The van der Waals surface area contributed by atoms with Crippen LogP contribution in [0.1, 0.15) is 58.3 Å². The fourth-order valence-electron chi connectivity index (χ4n) is 1.34. The van der Waals surface area contributed by atoms with Gasteiger partial charge in [0.15, 0.2) is 0 Å². The second kappa shape index (κ2) is 11.5. The van der Waals surface area contributed by atoms with Crippen molar-refractivity contribution in [2.75, 3.05) is 13.2 Å². The SMILES string of the molecule is CCCCCCCC(=O)OCCCCO. The molecule has 0 saturated heterocycles. The van der Waals surface area contributed by atoms with E-state index in [-0.39, 0.29) is 12.6 Å². The third kappa shape index (κ3) is 11.4. The van der Waals surface area contributed by atoms with Crippen LogP contribution in [0.25, 0.3) is 0 Å². The summed E-state index contributed by atoms with van der Waals surface area (Å²) < 4.78 is 5.00. The molecule has 15 heavy (non-hydrogen) atoms. The number of carbonyl (C=O) groups is 1. The Morgan fingerprint density at radius 1 is 1.07 bits per heavy atom. The lowest BCUT2D eigenvalue weighted by Crippen LogP contribution is -2.06. The molecule has 0 heterocycles. The van der Waals surface area contributed by atoms with Gasteiger partial charge in [0.1, 0.15) is 0 Å². The first kappa shape index (κ1) is 14.4. The van der Waals surface area contributed by atoms with Gasteiger partial charge in [0.05, 0.1) is 6.61 Å². The highest BCUT2D eigenvalue weighted by Gasteiger charge is 2.01. The van der Waals surface area contributed by atoms with Gasteiger partial charge in [-0.3, -0.25) is 4.79 Å². The average Bonchev–Trinajstić information content (AvgIpc) is 2.24. The minimum atomic E-state index is -0.0931. The predicted octanol–water partition coefficient (Wildman–Crippen LogP) is 2.66. The number of aliphatic hydroxyl groups excluding tert-OH is 1. The molecule has 0 aliphatic carbocycles. The molecule has 0 rings (SSSR count).